The van der Waals surface area contributed by atoms with Crippen LogP contribution in [0.15, 0.2) is 36.5 Å². The third-order valence-corrected chi connectivity index (χ3v) is 6.18. The summed E-state index contributed by atoms with van der Waals surface area (Å²) in [6.45, 7) is 17.2. The van der Waals surface area contributed by atoms with Crippen LogP contribution in [0.3, 0.4) is 0 Å². The number of hydrogen-bond acceptors (Lipinski definition) is 3. The highest BCUT2D eigenvalue weighted by atomic mass is 35.5. The van der Waals surface area contributed by atoms with Gasteiger partial charge in [-0.05, 0) is 76.6 Å². The third-order valence-electron chi connectivity index (χ3n) is 5.93. The molecular formula is C26H39ClN4O. The van der Waals surface area contributed by atoms with E-state index in [1.807, 2.05) is 35.1 Å². The predicted octanol–water partition coefficient (Wildman–Crippen LogP) is 5.81. The van der Waals surface area contributed by atoms with Crippen molar-refractivity contribution in [2.75, 3.05) is 0 Å². The lowest BCUT2D eigenvalue weighted by Gasteiger charge is -2.34. The Kier molecular flexibility index (Phi) is 6.84. The monoisotopic (exact) mass is 458 g/mol. The van der Waals surface area contributed by atoms with Gasteiger partial charge in [-0.2, -0.15) is 5.10 Å². The van der Waals surface area contributed by atoms with Crippen molar-refractivity contribution in [2.24, 2.45) is 5.41 Å². The Balaban J connectivity index is 1.85. The lowest BCUT2D eigenvalue weighted by molar-refractivity contribution is -0.124. The van der Waals surface area contributed by atoms with Gasteiger partial charge in [0.05, 0.1) is 17.3 Å². The number of carbonyl (C=O) groups excluding carboxylic acids is 1. The number of benzene rings is 1. The van der Waals surface area contributed by atoms with Gasteiger partial charge in [-0.15, -0.1) is 0 Å². The summed E-state index contributed by atoms with van der Waals surface area (Å²) in [5.74, 6) is 0.150. The first kappa shape index (κ1) is 24.8. The minimum Gasteiger partial charge on any atom is -0.350 e. The molecule has 2 aromatic rings. The zero-order valence-corrected chi connectivity index (χ0v) is 21.5. The van der Waals surface area contributed by atoms with Gasteiger partial charge in [0.1, 0.15) is 0 Å². The van der Waals surface area contributed by atoms with Crippen molar-refractivity contribution in [2.45, 2.75) is 97.3 Å². The zero-order chi connectivity index (χ0) is 23.9. The highest BCUT2D eigenvalue weighted by molar-refractivity contribution is 6.30. The largest absolute Gasteiger partial charge is 0.350 e. The molecule has 0 spiro atoms. The molecule has 0 radical (unpaired) electrons. The first-order chi connectivity index (χ1) is 14.6. The number of carbonyl (C=O) groups is 1. The van der Waals surface area contributed by atoms with Gasteiger partial charge in [0, 0.05) is 28.7 Å². The highest BCUT2D eigenvalue weighted by Gasteiger charge is 2.41. The molecule has 2 N–H and O–H groups in total. The first-order valence-corrected chi connectivity index (χ1v) is 11.9. The third kappa shape index (κ3) is 6.14. The van der Waals surface area contributed by atoms with E-state index in [4.69, 9.17) is 16.7 Å². The molecule has 1 aliphatic heterocycles. The second-order valence-electron chi connectivity index (χ2n) is 12.1. The van der Waals surface area contributed by atoms with Crippen LogP contribution < -0.4 is 10.6 Å². The minimum absolute atomic E-state index is 0.00272. The summed E-state index contributed by atoms with van der Waals surface area (Å²) < 4.78 is 2.00. The molecule has 3 rings (SSSR count). The van der Waals surface area contributed by atoms with Crippen molar-refractivity contribution < 1.29 is 4.79 Å². The molecule has 1 aliphatic rings. The number of nitrogens with one attached hydrogen (secondary N) is 2. The molecule has 5 nitrogen and oxygen atoms in total. The van der Waals surface area contributed by atoms with Crippen LogP contribution in [0, 0.1) is 5.41 Å². The van der Waals surface area contributed by atoms with Gasteiger partial charge < -0.3 is 5.32 Å². The van der Waals surface area contributed by atoms with Gasteiger partial charge in [-0.3, -0.25) is 14.8 Å². The maximum Gasteiger partial charge on any atom is 0.237 e. The lowest BCUT2D eigenvalue weighted by atomic mass is 9.81. The van der Waals surface area contributed by atoms with Gasteiger partial charge in [0.2, 0.25) is 5.91 Å². The summed E-state index contributed by atoms with van der Waals surface area (Å²) in [5.41, 5.74) is 1.89. The number of aromatic nitrogens is 2. The van der Waals surface area contributed by atoms with Crippen molar-refractivity contribution in [1.82, 2.24) is 20.4 Å². The molecule has 1 saturated heterocycles. The fourth-order valence-corrected chi connectivity index (χ4v) is 5.09. The minimum atomic E-state index is -0.279. The van der Waals surface area contributed by atoms with E-state index in [1.165, 1.54) is 0 Å². The first-order valence-electron chi connectivity index (χ1n) is 11.5. The number of halogens is 1. The van der Waals surface area contributed by atoms with Crippen LogP contribution >= 0.6 is 11.6 Å². The van der Waals surface area contributed by atoms with Crippen LogP contribution in [0.5, 0.6) is 0 Å². The van der Waals surface area contributed by atoms with E-state index >= 15 is 0 Å². The van der Waals surface area contributed by atoms with Gasteiger partial charge in [-0.25, -0.2) is 0 Å². The lowest BCUT2D eigenvalue weighted by Crippen LogP contribution is -2.51. The summed E-state index contributed by atoms with van der Waals surface area (Å²) in [5, 5.41) is 12.5. The van der Waals surface area contributed by atoms with Crippen LogP contribution in [0.25, 0.3) is 0 Å². The Labute approximate surface area is 198 Å². The molecule has 3 atom stereocenters. The average molecular weight is 459 g/mol. The Morgan fingerprint density at radius 1 is 1.09 bits per heavy atom. The smallest absolute Gasteiger partial charge is 0.237 e. The zero-order valence-electron chi connectivity index (χ0n) is 20.8. The predicted molar refractivity (Wildman–Crippen MR) is 132 cm³/mol. The number of nitrogens with zero attached hydrogens (tertiary/aromatic N) is 2. The molecule has 32 heavy (non-hydrogen) atoms. The van der Waals surface area contributed by atoms with Gasteiger partial charge in [-0.1, -0.05) is 44.5 Å². The maximum atomic E-state index is 13.3. The van der Waals surface area contributed by atoms with Crippen LogP contribution in [0.4, 0.5) is 0 Å². The molecule has 0 saturated carbocycles. The van der Waals surface area contributed by atoms with Crippen LogP contribution in [-0.4, -0.2) is 27.3 Å². The Hall–Kier alpha value is -1.85. The van der Waals surface area contributed by atoms with E-state index in [-0.39, 0.29) is 40.4 Å². The second-order valence-corrected chi connectivity index (χ2v) is 12.5. The Morgan fingerprint density at radius 3 is 2.25 bits per heavy atom. The fourth-order valence-electron chi connectivity index (χ4n) is 4.96. The molecule has 1 fully saturated rings. The molecule has 1 unspecified atom stereocenters. The van der Waals surface area contributed by atoms with E-state index in [9.17, 15) is 4.79 Å². The summed E-state index contributed by atoms with van der Waals surface area (Å²) in [6, 6.07) is 9.70. The molecule has 176 valence electrons. The van der Waals surface area contributed by atoms with Crippen molar-refractivity contribution in [1.29, 1.82) is 0 Å². The van der Waals surface area contributed by atoms with Crippen molar-refractivity contribution in [3.8, 4) is 0 Å². The molecule has 0 aliphatic carbocycles. The molecule has 2 heterocycles. The summed E-state index contributed by atoms with van der Waals surface area (Å²) in [7, 11) is 0. The highest BCUT2D eigenvalue weighted by Crippen LogP contribution is 2.40. The van der Waals surface area contributed by atoms with Crippen molar-refractivity contribution in [3.63, 3.8) is 0 Å². The summed E-state index contributed by atoms with van der Waals surface area (Å²) >= 11 is 6.13. The van der Waals surface area contributed by atoms with E-state index in [1.54, 1.807) is 0 Å². The van der Waals surface area contributed by atoms with E-state index < -0.39 is 0 Å². The van der Waals surface area contributed by atoms with E-state index in [0.717, 1.165) is 17.7 Å². The van der Waals surface area contributed by atoms with Crippen molar-refractivity contribution in [3.05, 3.63) is 52.8 Å². The average Bonchev–Trinajstić information content (AvgIpc) is 3.26. The topological polar surface area (TPSA) is 59.0 Å². The molecule has 0 bridgehead atoms. The van der Waals surface area contributed by atoms with Crippen molar-refractivity contribution >= 4 is 17.5 Å². The van der Waals surface area contributed by atoms with Crippen LogP contribution in [-0.2, 0) is 10.3 Å². The SMILES string of the molecule is CC(C)(C)CC(C)(C)NC(=O)[C@@H]1CC(c2ccn(C(C)(C)C)n2)[C@H](c2ccc(Cl)cc2)N1. The standard InChI is InChI=1S/C26H39ClN4O/c1-24(2,3)16-26(7,8)29-23(32)21-15-19(20-13-14-31(30-20)25(4,5)6)22(28-21)17-9-11-18(27)12-10-17/h9-14,19,21-22,28H,15-16H2,1-8H3,(H,29,32)/t19?,21-,22-/m0/s1. The number of hydrogen-bond donors (Lipinski definition) is 2. The summed E-state index contributed by atoms with van der Waals surface area (Å²) in [6.07, 6.45) is 3.64. The van der Waals surface area contributed by atoms with E-state index in [0.29, 0.717) is 11.4 Å². The van der Waals surface area contributed by atoms with Gasteiger partial charge in [0.25, 0.3) is 0 Å². The second kappa shape index (κ2) is 8.83. The number of amides is 1. The van der Waals surface area contributed by atoms with Crippen LogP contribution in [0.1, 0.15) is 91.4 Å². The molecule has 6 heteroatoms. The Morgan fingerprint density at radius 2 is 1.72 bits per heavy atom. The van der Waals surface area contributed by atoms with Crippen LogP contribution in [0.2, 0.25) is 5.02 Å². The quantitative estimate of drug-likeness (QED) is 0.594. The molecule has 1 aromatic heterocycles. The fraction of sp³-hybridized carbons (Fsp3) is 0.615. The summed E-state index contributed by atoms with van der Waals surface area (Å²) in [4.78, 5) is 13.3. The van der Waals surface area contributed by atoms with Gasteiger partial charge in [0.15, 0.2) is 0 Å². The molecule has 1 aromatic carbocycles. The molecule has 1 amide bonds. The number of rotatable bonds is 5. The van der Waals surface area contributed by atoms with Gasteiger partial charge >= 0.3 is 0 Å². The van der Waals surface area contributed by atoms with E-state index in [2.05, 4.69) is 72.1 Å². The maximum absolute atomic E-state index is 13.3. The normalized spacial score (nSPS) is 22.2. The molecular weight excluding hydrogens is 420 g/mol. The Bertz CT molecular complexity index is 934.